The third-order valence-corrected chi connectivity index (χ3v) is 5.21. The van der Waals surface area contributed by atoms with E-state index in [2.05, 4.69) is 0 Å². The molecule has 3 rings (SSSR count). The molecule has 0 spiro atoms. The van der Waals surface area contributed by atoms with Crippen molar-refractivity contribution in [1.82, 2.24) is 0 Å². The molecule has 0 saturated heterocycles. The third kappa shape index (κ3) is 6.03. The van der Waals surface area contributed by atoms with Crippen molar-refractivity contribution in [2.45, 2.75) is 13.5 Å². The molecular weight excluding hydrogens is 435 g/mol. The van der Waals surface area contributed by atoms with Crippen LogP contribution in [0.4, 0.5) is 0 Å². The van der Waals surface area contributed by atoms with Crippen LogP contribution in [0.5, 0.6) is 17.2 Å². The van der Waals surface area contributed by atoms with Crippen LogP contribution in [0.3, 0.4) is 0 Å². The Kier molecular flexibility index (Phi) is 7.99. The highest BCUT2D eigenvalue weighted by Gasteiger charge is 2.09. The van der Waals surface area contributed by atoms with Crippen molar-refractivity contribution in [2.75, 3.05) is 13.7 Å². The normalized spacial score (nSPS) is 10.8. The fourth-order valence-corrected chi connectivity index (χ4v) is 3.23. The van der Waals surface area contributed by atoms with Crippen LogP contribution in [0.25, 0.3) is 6.08 Å². The second kappa shape index (κ2) is 10.9. The van der Waals surface area contributed by atoms with Crippen LogP contribution in [0.1, 0.15) is 28.4 Å². The fourth-order valence-electron chi connectivity index (χ4n) is 2.93. The Balaban J connectivity index is 1.76. The molecule has 4 nitrogen and oxygen atoms in total. The van der Waals surface area contributed by atoms with Gasteiger partial charge in [0.25, 0.3) is 0 Å². The van der Waals surface area contributed by atoms with Gasteiger partial charge in [-0.15, -0.1) is 0 Å². The van der Waals surface area contributed by atoms with Gasteiger partial charge in [0.1, 0.15) is 12.4 Å². The van der Waals surface area contributed by atoms with Crippen molar-refractivity contribution >= 4 is 35.1 Å². The molecule has 3 aromatic rings. The van der Waals surface area contributed by atoms with Gasteiger partial charge in [0.15, 0.2) is 17.3 Å². The molecular formula is C25H22Cl2O4. The zero-order valence-electron chi connectivity index (χ0n) is 17.2. The smallest absolute Gasteiger partial charge is 0.185 e. The summed E-state index contributed by atoms with van der Waals surface area (Å²) in [4.78, 5) is 12.4. The molecule has 0 radical (unpaired) electrons. The Bertz CT molecular complexity index is 1090. The van der Waals surface area contributed by atoms with Gasteiger partial charge < -0.3 is 14.2 Å². The first-order valence-corrected chi connectivity index (χ1v) is 10.5. The summed E-state index contributed by atoms with van der Waals surface area (Å²) < 4.78 is 17.0. The molecule has 31 heavy (non-hydrogen) atoms. The van der Waals surface area contributed by atoms with Gasteiger partial charge >= 0.3 is 0 Å². The van der Waals surface area contributed by atoms with Crippen molar-refractivity contribution in [3.8, 4) is 17.2 Å². The Morgan fingerprint density at radius 3 is 2.32 bits per heavy atom. The van der Waals surface area contributed by atoms with Crippen molar-refractivity contribution in [3.05, 3.63) is 93.5 Å². The summed E-state index contributed by atoms with van der Waals surface area (Å²) >= 11 is 11.9. The van der Waals surface area contributed by atoms with Crippen molar-refractivity contribution in [2.24, 2.45) is 0 Å². The number of methoxy groups -OCH3 is 1. The van der Waals surface area contributed by atoms with E-state index in [-0.39, 0.29) is 12.4 Å². The molecule has 3 aromatic carbocycles. The van der Waals surface area contributed by atoms with Gasteiger partial charge in [0, 0.05) is 11.1 Å². The van der Waals surface area contributed by atoms with Gasteiger partial charge in [-0.05, 0) is 61.0 Å². The van der Waals surface area contributed by atoms with E-state index in [1.807, 2.05) is 49.4 Å². The Morgan fingerprint density at radius 1 is 0.903 bits per heavy atom. The maximum Gasteiger partial charge on any atom is 0.185 e. The van der Waals surface area contributed by atoms with Crippen LogP contribution in [-0.2, 0) is 6.61 Å². The molecule has 0 fully saturated rings. The predicted octanol–water partition coefficient (Wildman–Crippen LogP) is 6.88. The first-order chi connectivity index (χ1) is 15.0. The number of para-hydroxylation sites is 2. The number of allylic oxidation sites excluding steroid dienone is 1. The van der Waals surface area contributed by atoms with E-state index >= 15 is 0 Å². The molecule has 0 aliphatic heterocycles. The van der Waals surface area contributed by atoms with Gasteiger partial charge in [-0.2, -0.15) is 0 Å². The van der Waals surface area contributed by atoms with E-state index in [1.54, 1.807) is 31.4 Å². The molecule has 6 heteroatoms. The molecule has 0 amide bonds. The average molecular weight is 457 g/mol. The summed E-state index contributed by atoms with van der Waals surface area (Å²) in [6, 6.07) is 17.9. The van der Waals surface area contributed by atoms with E-state index < -0.39 is 0 Å². The molecule has 0 unspecified atom stereocenters. The highest BCUT2D eigenvalue weighted by molar-refractivity contribution is 6.42. The number of hydrogen-bond donors (Lipinski definition) is 0. The van der Waals surface area contributed by atoms with Gasteiger partial charge in [-0.25, -0.2) is 0 Å². The van der Waals surface area contributed by atoms with E-state index in [0.29, 0.717) is 39.5 Å². The Labute approximate surface area is 192 Å². The monoisotopic (exact) mass is 456 g/mol. The van der Waals surface area contributed by atoms with Crippen LogP contribution in [0.15, 0.2) is 66.7 Å². The molecule has 0 aliphatic rings. The highest BCUT2D eigenvalue weighted by atomic mass is 35.5. The zero-order valence-corrected chi connectivity index (χ0v) is 18.7. The summed E-state index contributed by atoms with van der Waals surface area (Å²) in [6.45, 7) is 2.77. The molecule has 0 saturated carbocycles. The number of halogens is 2. The van der Waals surface area contributed by atoms with Crippen LogP contribution in [0.2, 0.25) is 10.0 Å². The quantitative estimate of drug-likeness (QED) is 0.260. The number of rotatable bonds is 9. The summed E-state index contributed by atoms with van der Waals surface area (Å²) in [6.07, 6.45) is 3.23. The van der Waals surface area contributed by atoms with Crippen LogP contribution in [0, 0.1) is 0 Å². The van der Waals surface area contributed by atoms with Gasteiger partial charge in [0.2, 0.25) is 0 Å². The summed E-state index contributed by atoms with van der Waals surface area (Å²) in [5.74, 6) is 1.87. The number of carbonyl (C=O) groups is 1. The molecule has 0 aliphatic carbocycles. The summed E-state index contributed by atoms with van der Waals surface area (Å²) in [5, 5.41) is 0.755. The van der Waals surface area contributed by atoms with Crippen LogP contribution in [-0.4, -0.2) is 19.5 Å². The molecule has 0 atom stereocenters. The summed E-state index contributed by atoms with van der Waals surface area (Å²) in [5.41, 5.74) is 2.15. The van der Waals surface area contributed by atoms with E-state index in [9.17, 15) is 4.79 Å². The topological polar surface area (TPSA) is 44.8 Å². The lowest BCUT2D eigenvalue weighted by atomic mass is 10.1. The predicted molar refractivity (Wildman–Crippen MR) is 125 cm³/mol. The Morgan fingerprint density at radius 2 is 1.65 bits per heavy atom. The highest BCUT2D eigenvalue weighted by Crippen LogP contribution is 2.29. The third-order valence-electron chi connectivity index (χ3n) is 4.47. The van der Waals surface area contributed by atoms with Crippen molar-refractivity contribution in [3.63, 3.8) is 0 Å². The van der Waals surface area contributed by atoms with E-state index in [4.69, 9.17) is 37.4 Å². The van der Waals surface area contributed by atoms with Crippen LogP contribution >= 0.6 is 23.2 Å². The Hall–Kier alpha value is -2.95. The number of ether oxygens (including phenoxy) is 3. The first kappa shape index (κ1) is 22.7. The standard InChI is InChI=1S/C25H22Cl2O4/c1-3-30-24-6-4-5-7-25(24)31-16-19-14-17(9-13-23(19)29-2)8-12-22(28)18-10-11-20(26)21(27)15-18/h4-15H,3,16H2,1-2H3/b12-8+. The molecule has 0 N–H and O–H groups in total. The maximum atomic E-state index is 12.4. The molecule has 160 valence electrons. The van der Waals surface area contributed by atoms with Gasteiger partial charge in [-0.1, -0.05) is 47.5 Å². The first-order valence-electron chi connectivity index (χ1n) is 9.70. The second-order valence-corrected chi connectivity index (χ2v) is 7.38. The van der Waals surface area contributed by atoms with Crippen molar-refractivity contribution < 1.29 is 19.0 Å². The minimum Gasteiger partial charge on any atom is -0.496 e. The maximum absolute atomic E-state index is 12.4. The van der Waals surface area contributed by atoms with Gasteiger partial charge in [-0.3, -0.25) is 4.79 Å². The molecule has 0 heterocycles. The second-order valence-electron chi connectivity index (χ2n) is 6.57. The molecule has 0 aromatic heterocycles. The zero-order chi connectivity index (χ0) is 22.2. The van der Waals surface area contributed by atoms with Crippen LogP contribution < -0.4 is 14.2 Å². The number of benzene rings is 3. The average Bonchev–Trinajstić information content (AvgIpc) is 2.79. The number of carbonyl (C=O) groups excluding carboxylic acids is 1. The van der Waals surface area contributed by atoms with E-state index in [1.165, 1.54) is 6.08 Å². The largest absolute Gasteiger partial charge is 0.496 e. The lowest BCUT2D eigenvalue weighted by molar-refractivity contribution is 0.104. The lowest BCUT2D eigenvalue weighted by Crippen LogP contribution is -2.01. The van der Waals surface area contributed by atoms with Crippen molar-refractivity contribution in [1.29, 1.82) is 0 Å². The SMILES string of the molecule is CCOc1ccccc1OCc1cc(/C=C/C(=O)c2ccc(Cl)c(Cl)c2)ccc1OC. The summed E-state index contributed by atoms with van der Waals surface area (Å²) in [7, 11) is 1.61. The number of hydrogen-bond acceptors (Lipinski definition) is 4. The number of ketones is 1. The minimum atomic E-state index is -0.169. The fraction of sp³-hybridized carbons (Fsp3) is 0.160. The van der Waals surface area contributed by atoms with Gasteiger partial charge in [0.05, 0.1) is 23.8 Å². The van der Waals surface area contributed by atoms with E-state index in [0.717, 1.165) is 11.1 Å². The lowest BCUT2D eigenvalue weighted by Gasteiger charge is -2.14. The minimum absolute atomic E-state index is 0.169. The molecule has 0 bridgehead atoms.